The van der Waals surface area contributed by atoms with E-state index in [9.17, 15) is 4.79 Å². The minimum atomic E-state index is -0.0531. The number of carbonyl (C=O) groups is 1. The highest BCUT2D eigenvalue weighted by molar-refractivity contribution is 6.22. The van der Waals surface area contributed by atoms with Gasteiger partial charge in [-0.25, -0.2) is 0 Å². The van der Waals surface area contributed by atoms with Gasteiger partial charge in [-0.1, -0.05) is 12.1 Å². The zero-order valence-corrected chi connectivity index (χ0v) is 11.5. The van der Waals surface area contributed by atoms with Gasteiger partial charge in [0.25, 0.3) is 0 Å². The van der Waals surface area contributed by atoms with E-state index in [1.54, 1.807) is 0 Å². The Morgan fingerprint density at radius 3 is 2.61 bits per heavy atom. The second-order valence-electron chi connectivity index (χ2n) is 4.53. The lowest BCUT2D eigenvalue weighted by atomic mass is 10.1. The molecule has 1 aliphatic heterocycles. The van der Waals surface area contributed by atoms with Crippen LogP contribution in [0.3, 0.4) is 0 Å². The Kier molecular flexibility index (Phi) is 4.12. The second kappa shape index (κ2) is 5.61. The van der Waals surface area contributed by atoms with E-state index in [4.69, 9.17) is 16.3 Å². The van der Waals surface area contributed by atoms with Gasteiger partial charge in [0.15, 0.2) is 0 Å². The Balaban J connectivity index is 2.08. The van der Waals surface area contributed by atoms with E-state index in [1.807, 2.05) is 43.0 Å². The van der Waals surface area contributed by atoms with Crippen LogP contribution in [0.15, 0.2) is 24.3 Å². The van der Waals surface area contributed by atoms with E-state index >= 15 is 0 Å². The lowest BCUT2D eigenvalue weighted by Crippen LogP contribution is -2.28. The first-order valence-corrected chi connectivity index (χ1v) is 6.71. The quantitative estimate of drug-likeness (QED) is 0.785. The Hall–Kier alpha value is -1.22. The maximum Gasteiger partial charge on any atom is 0.224 e. The molecule has 0 aliphatic carbocycles. The molecule has 0 aromatic heterocycles. The smallest absolute Gasteiger partial charge is 0.224 e. The largest absolute Gasteiger partial charge is 0.494 e. The SMILES string of the molecule is CCOc1ccc(C(C)N2CC(Cl)CC2=O)cc1. The van der Waals surface area contributed by atoms with Gasteiger partial charge in [-0.3, -0.25) is 4.79 Å². The van der Waals surface area contributed by atoms with Gasteiger partial charge in [0.2, 0.25) is 5.91 Å². The Morgan fingerprint density at radius 2 is 2.11 bits per heavy atom. The first kappa shape index (κ1) is 13.2. The van der Waals surface area contributed by atoms with E-state index in [0.29, 0.717) is 19.6 Å². The van der Waals surface area contributed by atoms with Gasteiger partial charge in [0, 0.05) is 13.0 Å². The molecule has 3 nitrogen and oxygen atoms in total. The van der Waals surface area contributed by atoms with Crippen molar-refractivity contribution in [2.75, 3.05) is 13.2 Å². The van der Waals surface area contributed by atoms with Crippen LogP contribution < -0.4 is 4.74 Å². The van der Waals surface area contributed by atoms with Gasteiger partial charge in [0.1, 0.15) is 5.75 Å². The van der Waals surface area contributed by atoms with E-state index in [-0.39, 0.29) is 17.3 Å². The number of amides is 1. The molecule has 2 atom stereocenters. The molecule has 1 aliphatic rings. The van der Waals surface area contributed by atoms with Crippen molar-refractivity contribution in [3.63, 3.8) is 0 Å². The van der Waals surface area contributed by atoms with Gasteiger partial charge >= 0.3 is 0 Å². The normalized spacial score (nSPS) is 21.2. The third-order valence-corrected chi connectivity index (χ3v) is 3.54. The summed E-state index contributed by atoms with van der Waals surface area (Å²) < 4.78 is 5.40. The van der Waals surface area contributed by atoms with Crippen LogP contribution in [-0.4, -0.2) is 29.3 Å². The van der Waals surface area contributed by atoms with Gasteiger partial charge in [-0.2, -0.15) is 0 Å². The number of nitrogens with zero attached hydrogens (tertiary/aromatic N) is 1. The summed E-state index contributed by atoms with van der Waals surface area (Å²) in [5.74, 6) is 0.993. The maximum absolute atomic E-state index is 11.8. The number of hydrogen-bond donors (Lipinski definition) is 0. The van der Waals surface area contributed by atoms with Crippen LogP contribution in [0.5, 0.6) is 5.75 Å². The van der Waals surface area contributed by atoms with Crippen LogP contribution in [0.4, 0.5) is 0 Å². The molecular weight excluding hydrogens is 250 g/mol. The fourth-order valence-electron chi connectivity index (χ4n) is 2.25. The number of ether oxygens (including phenoxy) is 1. The average molecular weight is 268 g/mol. The number of halogens is 1. The molecule has 2 unspecified atom stereocenters. The van der Waals surface area contributed by atoms with Crippen LogP contribution in [0.1, 0.15) is 31.9 Å². The van der Waals surface area contributed by atoms with E-state index in [2.05, 4.69) is 0 Å². The molecule has 0 bridgehead atoms. The predicted molar refractivity (Wildman–Crippen MR) is 72.0 cm³/mol. The van der Waals surface area contributed by atoms with Crippen molar-refractivity contribution in [3.8, 4) is 5.75 Å². The monoisotopic (exact) mass is 267 g/mol. The van der Waals surface area contributed by atoms with Gasteiger partial charge in [-0.05, 0) is 31.5 Å². The summed E-state index contributed by atoms with van der Waals surface area (Å²) in [5.41, 5.74) is 1.11. The van der Waals surface area contributed by atoms with Gasteiger partial charge < -0.3 is 9.64 Å². The number of likely N-dealkylation sites (tertiary alicyclic amines) is 1. The van der Waals surface area contributed by atoms with Crippen LogP contribution in [-0.2, 0) is 4.79 Å². The summed E-state index contributed by atoms with van der Waals surface area (Å²) in [4.78, 5) is 13.6. The highest BCUT2D eigenvalue weighted by Crippen LogP contribution is 2.28. The van der Waals surface area contributed by atoms with Crippen molar-refractivity contribution in [1.29, 1.82) is 0 Å². The van der Waals surface area contributed by atoms with Crippen LogP contribution >= 0.6 is 11.6 Å². The summed E-state index contributed by atoms with van der Waals surface area (Å²) in [6.07, 6.45) is 0.447. The molecule has 1 amide bonds. The molecule has 0 N–H and O–H groups in total. The van der Waals surface area contributed by atoms with E-state index in [1.165, 1.54) is 0 Å². The number of hydrogen-bond acceptors (Lipinski definition) is 2. The molecular formula is C14H18ClNO2. The van der Waals surface area contributed by atoms with Crippen LogP contribution in [0, 0.1) is 0 Å². The lowest BCUT2D eigenvalue weighted by Gasteiger charge is -2.24. The Labute approximate surface area is 113 Å². The number of rotatable bonds is 4. The third-order valence-electron chi connectivity index (χ3n) is 3.25. The van der Waals surface area contributed by atoms with Crippen molar-refractivity contribution < 1.29 is 9.53 Å². The summed E-state index contributed by atoms with van der Waals surface area (Å²) in [5, 5.41) is -0.0531. The van der Waals surface area contributed by atoms with Crippen LogP contribution in [0.25, 0.3) is 0 Å². The van der Waals surface area contributed by atoms with Crippen molar-refractivity contribution in [3.05, 3.63) is 29.8 Å². The van der Waals surface area contributed by atoms with E-state index < -0.39 is 0 Å². The number of alkyl halides is 1. The fraction of sp³-hybridized carbons (Fsp3) is 0.500. The number of carbonyl (C=O) groups excluding carboxylic acids is 1. The maximum atomic E-state index is 11.8. The molecule has 1 aromatic rings. The zero-order chi connectivity index (χ0) is 13.1. The molecule has 0 spiro atoms. The lowest BCUT2D eigenvalue weighted by molar-refractivity contribution is -0.129. The molecule has 98 valence electrons. The summed E-state index contributed by atoms with van der Waals surface area (Å²) in [6.45, 7) is 5.28. The standard InChI is InChI=1S/C14H18ClNO2/c1-3-18-13-6-4-11(5-7-13)10(2)16-9-12(15)8-14(16)17/h4-7,10,12H,3,8-9H2,1-2H3. The van der Waals surface area contributed by atoms with Crippen molar-refractivity contribution in [2.24, 2.45) is 0 Å². The summed E-state index contributed by atoms with van der Waals surface area (Å²) >= 11 is 6.02. The van der Waals surface area contributed by atoms with Gasteiger partial charge in [-0.15, -0.1) is 11.6 Å². The van der Waals surface area contributed by atoms with Crippen molar-refractivity contribution >= 4 is 17.5 Å². The topological polar surface area (TPSA) is 29.5 Å². The zero-order valence-electron chi connectivity index (χ0n) is 10.7. The highest BCUT2D eigenvalue weighted by Gasteiger charge is 2.31. The molecule has 1 aromatic carbocycles. The molecule has 1 heterocycles. The molecule has 0 radical (unpaired) electrons. The molecule has 0 saturated carbocycles. The summed E-state index contributed by atoms with van der Waals surface area (Å²) in [6, 6.07) is 7.95. The molecule has 4 heteroatoms. The molecule has 1 saturated heterocycles. The second-order valence-corrected chi connectivity index (χ2v) is 5.14. The molecule has 18 heavy (non-hydrogen) atoms. The fourth-order valence-corrected chi connectivity index (χ4v) is 2.53. The highest BCUT2D eigenvalue weighted by atomic mass is 35.5. The third kappa shape index (κ3) is 2.78. The predicted octanol–water partition coefficient (Wildman–Crippen LogP) is 2.99. The molecule has 1 fully saturated rings. The average Bonchev–Trinajstić information content (AvgIpc) is 2.69. The van der Waals surface area contributed by atoms with E-state index in [0.717, 1.165) is 11.3 Å². The van der Waals surface area contributed by atoms with Gasteiger partial charge in [0.05, 0.1) is 18.0 Å². The van der Waals surface area contributed by atoms with Crippen molar-refractivity contribution in [1.82, 2.24) is 4.90 Å². The van der Waals surface area contributed by atoms with Crippen molar-refractivity contribution in [2.45, 2.75) is 31.7 Å². The first-order valence-electron chi connectivity index (χ1n) is 6.28. The minimum Gasteiger partial charge on any atom is -0.494 e. The minimum absolute atomic E-state index is 0.0531. The summed E-state index contributed by atoms with van der Waals surface area (Å²) in [7, 11) is 0. The number of benzene rings is 1. The molecule has 2 rings (SSSR count). The van der Waals surface area contributed by atoms with Crippen LogP contribution in [0.2, 0.25) is 0 Å². The Morgan fingerprint density at radius 1 is 1.44 bits per heavy atom. The Bertz CT molecular complexity index is 418. The first-order chi connectivity index (χ1) is 8.61.